The number of carbonyl (C=O) groups excluding carboxylic acids is 2. The first-order valence-electron chi connectivity index (χ1n) is 3.58. The van der Waals surface area contributed by atoms with Crippen LogP contribution in [0.15, 0.2) is 18.3 Å². The van der Waals surface area contributed by atoms with Gasteiger partial charge in [0.2, 0.25) is 0 Å². The predicted octanol–water partition coefficient (Wildman–Crippen LogP) is 1.68. The highest BCUT2D eigenvalue weighted by Crippen LogP contribution is 2.12. The van der Waals surface area contributed by atoms with Crippen molar-refractivity contribution in [2.24, 2.45) is 0 Å². The second-order valence-corrected chi connectivity index (χ2v) is 2.72. The van der Waals surface area contributed by atoms with Crippen LogP contribution in [0.2, 0.25) is 5.02 Å². The molecule has 4 heteroatoms. The minimum absolute atomic E-state index is 0.0746. The molecule has 1 aromatic heterocycles. The Morgan fingerprint density at radius 1 is 1.62 bits per heavy atom. The molecule has 70 valence electrons. The molecule has 1 aromatic rings. The van der Waals surface area contributed by atoms with Crippen molar-refractivity contribution >= 4 is 24.2 Å². The molecule has 1 heterocycles. The molecule has 0 unspecified atom stereocenters. The van der Waals surface area contributed by atoms with Gasteiger partial charge in [-0.3, -0.25) is 9.78 Å². The molecule has 1 rings (SSSR count). The summed E-state index contributed by atoms with van der Waals surface area (Å²) in [5, 5.41) is 0.558. The van der Waals surface area contributed by atoms with Crippen LogP contribution in [-0.4, -0.2) is 17.6 Å². The monoisotopic (exact) mass is 199 g/mol. The van der Waals surface area contributed by atoms with Crippen LogP contribution >= 0.6 is 11.6 Å². The smallest absolute Gasteiger partial charge is 0.135 e. The van der Waals surface area contributed by atoms with E-state index in [4.69, 9.17) is 16.4 Å². The van der Waals surface area contributed by atoms with Crippen molar-refractivity contribution in [2.45, 2.75) is 13.3 Å². The van der Waals surface area contributed by atoms with Crippen LogP contribution < -0.4 is 0 Å². The molecule has 3 nitrogen and oxygen atoms in total. The third kappa shape index (κ3) is 4.38. The number of nitrogens with zero attached hydrogens (tertiary/aromatic N) is 1. The quantitative estimate of drug-likeness (QED) is 0.728. The molecule has 0 spiro atoms. The van der Waals surface area contributed by atoms with E-state index in [1.54, 1.807) is 18.3 Å². The molecule has 0 aliphatic rings. The second-order valence-electron chi connectivity index (χ2n) is 2.31. The van der Waals surface area contributed by atoms with Crippen LogP contribution in [-0.2, 0) is 16.0 Å². The van der Waals surface area contributed by atoms with Crippen LogP contribution in [0.5, 0.6) is 0 Å². The summed E-state index contributed by atoms with van der Waals surface area (Å²) in [6, 6.07) is 3.47. The predicted molar refractivity (Wildman–Crippen MR) is 50.8 cm³/mol. The number of aromatic nitrogens is 1. The van der Waals surface area contributed by atoms with E-state index in [1.807, 2.05) is 6.79 Å². The van der Waals surface area contributed by atoms with Crippen molar-refractivity contribution in [3.05, 3.63) is 29.0 Å². The highest BCUT2D eigenvalue weighted by atomic mass is 35.5. The fourth-order valence-electron chi connectivity index (χ4n) is 0.784. The number of rotatable bonds is 2. The van der Waals surface area contributed by atoms with Crippen molar-refractivity contribution in [3.8, 4) is 0 Å². The summed E-state index contributed by atoms with van der Waals surface area (Å²) in [5.41, 5.74) is 0.654. The standard InChI is InChI=1S/C8H8ClNO.CH2O/c1-6(11)5-8-7(9)3-2-4-10-8;1-2/h2-4H,5H2,1H3;1H2. The molecule has 0 amide bonds. The third-order valence-corrected chi connectivity index (χ3v) is 1.60. The Bertz CT molecular complexity index is 289. The van der Waals surface area contributed by atoms with Gasteiger partial charge < -0.3 is 4.79 Å². The average molecular weight is 200 g/mol. The van der Waals surface area contributed by atoms with Gasteiger partial charge in [-0.05, 0) is 19.1 Å². The number of ketones is 1. The Morgan fingerprint density at radius 2 is 2.23 bits per heavy atom. The minimum atomic E-state index is 0.0746. The highest BCUT2D eigenvalue weighted by Gasteiger charge is 2.02. The zero-order valence-corrected chi connectivity index (χ0v) is 8.04. The highest BCUT2D eigenvalue weighted by molar-refractivity contribution is 6.31. The normalized spacial score (nSPS) is 8.46. The van der Waals surface area contributed by atoms with Crippen molar-refractivity contribution in [1.29, 1.82) is 0 Å². The van der Waals surface area contributed by atoms with Gasteiger partial charge in [-0.15, -0.1) is 0 Å². The van der Waals surface area contributed by atoms with Crippen LogP contribution in [0.3, 0.4) is 0 Å². The first kappa shape index (κ1) is 11.8. The number of halogens is 1. The van der Waals surface area contributed by atoms with E-state index < -0.39 is 0 Å². The lowest BCUT2D eigenvalue weighted by atomic mass is 10.2. The molecule has 13 heavy (non-hydrogen) atoms. The van der Waals surface area contributed by atoms with Gasteiger partial charge in [-0.1, -0.05) is 11.6 Å². The topological polar surface area (TPSA) is 47.0 Å². The number of carbonyl (C=O) groups is 2. The number of hydrogen-bond donors (Lipinski definition) is 0. The van der Waals surface area contributed by atoms with Crippen molar-refractivity contribution in [2.75, 3.05) is 0 Å². The van der Waals surface area contributed by atoms with Gasteiger partial charge >= 0.3 is 0 Å². The number of pyridine rings is 1. The van der Waals surface area contributed by atoms with Gasteiger partial charge in [0.25, 0.3) is 0 Å². The largest absolute Gasteiger partial charge is 0.307 e. The average Bonchev–Trinajstić information content (AvgIpc) is 2.12. The molecule has 0 bridgehead atoms. The van der Waals surface area contributed by atoms with Crippen LogP contribution in [0.25, 0.3) is 0 Å². The van der Waals surface area contributed by atoms with Crippen LogP contribution in [0.1, 0.15) is 12.6 Å². The summed E-state index contributed by atoms with van der Waals surface area (Å²) < 4.78 is 0. The summed E-state index contributed by atoms with van der Waals surface area (Å²) in [7, 11) is 0. The van der Waals surface area contributed by atoms with Gasteiger partial charge in [0, 0.05) is 12.6 Å². The van der Waals surface area contributed by atoms with Crippen LogP contribution in [0, 0.1) is 0 Å². The van der Waals surface area contributed by atoms with Gasteiger partial charge in [-0.2, -0.15) is 0 Å². The lowest BCUT2D eigenvalue weighted by molar-refractivity contribution is -0.116. The van der Waals surface area contributed by atoms with Gasteiger partial charge in [0.05, 0.1) is 10.7 Å². The number of hydrogen-bond acceptors (Lipinski definition) is 3. The Balaban J connectivity index is 0.000000671. The first-order chi connectivity index (χ1) is 6.20. The molecule has 0 fully saturated rings. The lowest BCUT2D eigenvalue weighted by Gasteiger charge is -1.97. The van der Waals surface area contributed by atoms with E-state index in [0.29, 0.717) is 17.1 Å². The van der Waals surface area contributed by atoms with Crippen molar-refractivity contribution in [1.82, 2.24) is 4.98 Å². The van der Waals surface area contributed by atoms with E-state index in [1.165, 1.54) is 6.92 Å². The summed E-state index contributed by atoms with van der Waals surface area (Å²) in [6.07, 6.45) is 1.95. The summed E-state index contributed by atoms with van der Waals surface area (Å²) in [4.78, 5) is 22.6. The Kier molecular flexibility index (Phi) is 5.72. The van der Waals surface area contributed by atoms with Gasteiger partial charge in [0.15, 0.2) is 0 Å². The zero-order valence-electron chi connectivity index (χ0n) is 7.29. The molecule has 0 N–H and O–H groups in total. The summed E-state index contributed by atoms with van der Waals surface area (Å²) in [5.74, 6) is 0.0746. The zero-order chi connectivity index (χ0) is 10.3. The second kappa shape index (κ2) is 6.31. The fraction of sp³-hybridized carbons (Fsp3) is 0.222. The van der Waals surface area contributed by atoms with E-state index >= 15 is 0 Å². The summed E-state index contributed by atoms with van der Waals surface area (Å²) >= 11 is 5.75. The molecule has 0 atom stereocenters. The van der Waals surface area contributed by atoms with E-state index in [-0.39, 0.29) is 5.78 Å². The maximum absolute atomic E-state index is 10.7. The molecule has 0 aromatic carbocycles. The maximum atomic E-state index is 10.7. The molecule has 0 aliphatic carbocycles. The Labute approximate surface area is 81.7 Å². The Morgan fingerprint density at radius 3 is 2.69 bits per heavy atom. The first-order valence-corrected chi connectivity index (χ1v) is 3.95. The molecule has 0 aliphatic heterocycles. The fourth-order valence-corrected chi connectivity index (χ4v) is 0.973. The van der Waals surface area contributed by atoms with Gasteiger partial charge in [-0.25, -0.2) is 0 Å². The number of Topliss-reactive ketones (excluding diaryl/α,β-unsaturated/α-hetero) is 1. The SMILES string of the molecule is C=O.CC(=O)Cc1ncccc1Cl. The maximum Gasteiger partial charge on any atom is 0.135 e. The van der Waals surface area contributed by atoms with E-state index in [0.717, 1.165) is 0 Å². The van der Waals surface area contributed by atoms with Crippen LogP contribution in [0.4, 0.5) is 0 Å². The molecular weight excluding hydrogens is 190 g/mol. The molecule has 0 saturated heterocycles. The van der Waals surface area contributed by atoms with Crippen molar-refractivity contribution < 1.29 is 9.59 Å². The third-order valence-electron chi connectivity index (χ3n) is 1.25. The Hall–Kier alpha value is -1.22. The molecular formula is C9H10ClNO2. The van der Waals surface area contributed by atoms with Crippen molar-refractivity contribution in [3.63, 3.8) is 0 Å². The minimum Gasteiger partial charge on any atom is -0.307 e. The summed E-state index contributed by atoms with van der Waals surface area (Å²) in [6.45, 7) is 3.52. The van der Waals surface area contributed by atoms with Gasteiger partial charge in [0.1, 0.15) is 12.6 Å². The van der Waals surface area contributed by atoms with E-state index in [2.05, 4.69) is 4.98 Å². The molecule has 0 saturated carbocycles. The molecule has 0 radical (unpaired) electrons. The lowest BCUT2D eigenvalue weighted by Crippen LogP contribution is -1.99. The van der Waals surface area contributed by atoms with E-state index in [9.17, 15) is 4.79 Å².